The fraction of sp³-hybridized carbons (Fsp3) is 0.261. The van der Waals surface area contributed by atoms with Crippen LogP contribution in [0.15, 0.2) is 48.7 Å². The number of primary amides is 1. The zero-order valence-electron chi connectivity index (χ0n) is 17.5. The van der Waals surface area contributed by atoms with Gasteiger partial charge in [-0.15, -0.1) is 0 Å². The number of nitrogens with two attached hydrogens (primary N) is 1. The molecule has 0 radical (unpaired) electrons. The molecule has 4 amide bonds. The van der Waals surface area contributed by atoms with Crippen LogP contribution in [-0.4, -0.2) is 39.5 Å². The van der Waals surface area contributed by atoms with Crippen LogP contribution < -0.4 is 16.4 Å². The molecule has 2 saturated heterocycles. The van der Waals surface area contributed by atoms with Crippen LogP contribution in [0.5, 0.6) is 0 Å². The van der Waals surface area contributed by atoms with Crippen LogP contribution in [0.25, 0.3) is 10.9 Å². The van der Waals surface area contributed by atoms with Gasteiger partial charge in [0, 0.05) is 30.2 Å². The Kier molecular flexibility index (Phi) is 5.01. The van der Waals surface area contributed by atoms with E-state index in [1.807, 2.05) is 0 Å². The second kappa shape index (κ2) is 7.77. The summed E-state index contributed by atoms with van der Waals surface area (Å²) in [5, 5.41) is 6.24. The summed E-state index contributed by atoms with van der Waals surface area (Å²) < 4.78 is 15.4. The Morgan fingerprint density at radius 1 is 1.15 bits per heavy atom. The molecule has 6 rings (SSSR count). The largest absolute Gasteiger partial charge is 0.351 e. The predicted molar refractivity (Wildman–Crippen MR) is 121 cm³/mol. The molecule has 1 saturated carbocycles. The number of halogens is 2. The van der Waals surface area contributed by atoms with E-state index in [-0.39, 0.29) is 29.0 Å². The average Bonchev–Trinajstić information content (AvgIpc) is 3.45. The van der Waals surface area contributed by atoms with Gasteiger partial charge in [-0.1, -0.05) is 41.9 Å². The highest BCUT2D eigenvalue weighted by Crippen LogP contribution is 2.51. The highest BCUT2D eigenvalue weighted by atomic mass is 35.5. The highest BCUT2D eigenvalue weighted by Gasteiger charge is 2.62. The molecule has 2 bridgehead atoms. The molecule has 1 aliphatic carbocycles. The summed E-state index contributed by atoms with van der Waals surface area (Å²) in [6, 6.07) is 10.6. The third-order valence-electron chi connectivity index (χ3n) is 6.54. The quantitative estimate of drug-likeness (QED) is 0.542. The topological polar surface area (TPSA) is 109 Å². The van der Waals surface area contributed by atoms with E-state index in [1.165, 1.54) is 21.7 Å². The summed E-state index contributed by atoms with van der Waals surface area (Å²) in [5.74, 6) is -0.669. The standard InChI is InChI=1S/C23H21ClFN5O3/c24-16-6-3-4-14(19(16)25)10-27-20(31)23-8-13(9-23)11-30(23)22(33)28-17-12-29(21(26)32)18-7-2-1-5-15(17)18/h1-7,12-13H,8-11H2,(H2,26,32)(H,27,31)(H,28,33). The van der Waals surface area contributed by atoms with Crippen molar-refractivity contribution in [2.24, 2.45) is 11.7 Å². The molecule has 3 aromatic rings. The van der Waals surface area contributed by atoms with Gasteiger partial charge in [-0.3, -0.25) is 9.36 Å². The summed E-state index contributed by atoms with van der Waals surface area (Å²) in [6.45, 7) is 0.415. The first-order chi connectivity index (χ1) is 15.8. The minimum atomic E-state index is -0.980. The molecule has 170 valence electrons. The Labute approximate surface area is 193 Å². The number of anilines is 1. The first-order valence-corrected chi connectivity index (χ1v) is 10.9. The molecule has 4 N–H and O–H groups in total. The van der Waals surface area contributed by atoms with E-state index in [0.29, 0.717) is 36.0 Å². The van der Waals surface area contributed by atoms with Gasteiger partial charge in [0.25, 0.3) is 0 Å². The van der Waals surface area contributed by atoms with Crippen LogP contribution in [0.2, 0.25) is 5.02 Å². The number of aromatic nitrogens is 1. The van der Waals surface area contributed by atoms with Crippen molar-refractivity contribution >= 4 is 46.2 Å². The number of hydrogen-bond donors (Lipinski definition) is 3. The van der Waals surface area contributed by atoms with Crippen molar-refractivity contribution in [1.82, 2.24) is 14.8 Å². The maximum atomic E-state index is 14.2. The number of hydrogen-bond acceptors (Lipinski definition) is 3. The summed E-state index contributed by atoms with van der Waals surface area (Å²) in [4.78, 5) is 39.6. The fourth-order valence-electron chi connectivity index (χ4n) is 4.93. The van der Waals surface area contributed by atoms with E-state index < -0.39 is 23.4 Å². The minimum Gasteiger partial charge on any atom is -0.351 e. The maximum Gasteiger partial charge on any atom is 0.323 e. The monoisotopic (exact) mass is 469 g/mol. The molecular weight excluding hydrogens is 449 g/mol. The molecule has 3 heterocycles. The van der Waals surface area contributed by atoms with Crippen LogP contribution >= 0.6 is 11.6 Å². The van der Waals surface area contributed by atoms with Crippen molar-refractivity contribution in [3.8, 4) is 0 Å². The lowest BCUT2D eigenvalue weighted by Crippen LogP contribution is -2.59. The molecule has 2 aromatic carbocycles. The molecule has 10 heteroatoms. The zero-order chi connectivity index (χ0) is 23.3. The summed E-state index contributed by atoms with van der Waals surface area (Å²) in [7, 11) is 0. The van der Waals surface area contributed by atoms with Gasteiger partial charge >= 0.3 is 12.1 Å². The van der Waals surface area contributed by atoms with Gasteiger partial charge in [-0.05, 0) is 30.9 Å². The Balaban J connectivity index is 1.34. The van der Waals surface area contributed by atoms with Crippen molar-refractivity contribution in [2.75, 3.05) is 11.9 Å². The summed E-state index contributed by atoms with van der Waals surface area (Å²) in [5.41, 5.74) is 5.74. The van der Waals surface area contributed by atoms with Gasteiger partial charge in [0.05, 0.1) is 16.2 Å². The van der Waals surface area contributed by atoms with Gasteiger partial charge in [-0.25, -0.2) is 14.0 Å². The lowest BCUT2D eigenvalue weighted by atomic mass is 9.72. The number of rotatable bonds is 4. The van der Waals surface area contributed by atoms with Crippen molar-refractivity contribution in [2.45, 2.75) is 24.9 Å². The van der Waals surface area contributed by atoms with E-state index in [0.717, 1.165) is 0 Å². The Morgan fingerprint density at radius 2 is 1.91 bits per heavy atom. The van der Waals surface area contributed by atoms with Crippen LogP contribution in [0.4, 0.5) is 19.7 Å². The molecule has 0 spiro atoms. The molecule has 2 aliphatic heterocycles. The Bertz CT molecular complexity index is 1300. The van der Waals surface area contributed by atoms with Gasteiger partial charge in [-0.2, -0.15) is 0 Å². The van der Waals surface area contributed by atoms with Crippen molar-refractivity contribution < 1.29 is 18.8 Å². The third kappa shape index (κ3) is 3.39. The SMILES string of the molecule is NC(=O)n1cc(NC(=O)N2CC3CC2(C(=O)NCc2cccc(Cl)c2F)C3)c2ccccc21. The van der Waals surface area contributed by atoms with Crippen LogP contribution in [0.3, 0.4) is 0 Å². The van der Waals surface area contributed by atoms with E-state index in [4.69, 9.17) is 17.3 Å². The van der Waals surface area contributed by atoms with Crippen molar-refractivity contribution in [3.63, 3.8) is 0 Å². The third-order valence-corrected chi connectivity index (χ3v) is 6.83. The Hall–Kier alpha value is -3.59. The molecule has 3 fully saturated rings. The van der Waals surface area contributed by atoms with E-state index in [1.54, 1.807) is 36.4 Å². The molecule has 0 unspecified atom stereocenters. The number of carbonyl (C=O) groups excluding carboxylic acids is 3. The first-order valence-electron chi connectivity index (χ1n) is 10.5. The van der Waals surface area contributed by atoms with E-state index in [2.05, 4.69) is 10.6 Å². The normalized spacial score (nSPS) is 21.0. The minimum absolute atomic E-state index is 0.0133. The van der Waals surface area contributed by atoms with Crippen LogP contribution in [-0.2, 0) is 11.3 Å². The summed E-state index contributed by atoms with van der Waals surface area (Å²) >= 11 is 5.82. The fourth-order valence-corrected chi connectivity index (χ4v) is 5.13. The van der Waals surface area contributed by atoms with Crippen LogP contribution in [0, 0.1) is 11.7 Å². The molecule has 8 nitrogen and oxygen atoms in total. The van der Waals surface area contributed by atoms with Gasteiger partial charge < -0.3 is 21.3 Å². The molecule has 1 aromatic heterocycles. The number of para-hydroxylation sites is 1. The molecule has 0 atom stereocenters. The lowest BCUT2D eigenvalue weighted by molar-refractivity contribution is -0.133. The lowest BCUT2D eigenvalue weighted by Gasteiger charge is -2.40. The maximum absolute atomic E-state index is 14.2. The number of carbonyl (C=O) groups is 3. The number of urea groups is 1. The molecular formula is C23H21ClFN5O3. The van der Waals surface area contributed by atoms with Crippen LogP contribution in [0.1, 0.15) is 18.4 Å². The molecule has 33 heavy (non-hydrogen) atoms. The number of nitrogens with zero attached hydrogens (tertiary/aromatic N) is 2. The smallest absolute Gasteiger partial charge is 0.323 e. The first kappa shape index (κ1) is 21.3. The zero-order valence-corrected chi connectivity index (χ0v) is 18.2. The number of nitrogens with one attached hydrogen (secondary N) is 2. The van der Waals surface area contributed by atoms with Crippen molar-refractivity contribution in [3.05, 3.63) is 65.1 Å². The highest BCUT2D eigenvalue weighted by molar-refractivity contribution is 6.30. The second-order valence-electron chi connectivity index (χ2n) is 8.51. The summed E-state index contributed by atoms with van der Waals surface area (Å²) in [6.07, 6.45) is 2.57. The predicted octanol–water partition coefficient (Wildman–Crippen LogP) is 3.67. The van der Waals surface area contributed by atoms with E-state index in [9.17, 15) is 18.8 Å². The Morgan fingerprint density at radius 3 is 2.67 bits per heavy atom. The van der Waals surface area contributed by atoms with Gasteiger partial charge in [0.2, 0.25) is 5.91 Å². The number of benzene rings is 2. The van der Waals surface area contributed by atoms with Gasteiger partial charge in [0.1, 0.15) is 11.4 Å². The number of fused-ring (bicyclic) bond motifs is 2. The van der Waals surface area contributed by atoms with Crippen molar-refractivity contribution in [1.29, 1.82) is 0 Å². The molecule has 3 aliphatic rings. The van der Waals surface area contributed by atoms with E-state index >= 15 is 0 Å². The number of amides is 4. The average molecular weight is 470 g/mol. The second-order valence-corrected chi connectivity index (χ2v) is 8.92. The van der Waals surface area contributed by atoms with Gasteiger partial charge in [0.15, 0.2) is 0 Å².